The Labute approximate surface area is 306 Å². The molecular formula is C46H26O. The Hall–Kier alpha value is -6.18. The zero-order valence-electron chi connectivity index (χ0n) is 48.5. The van der Waals surface area contributed by atoms with E-state index in [2.05, 4.69) is 0 Å². The maximum Gasteiger partial charge on any atom is 0.136 e. The topological polar surface area (TPSA) is 9.23 Å². The van der Waals surface area contributed by atoms with Gasteiger partial charge in [0.25, 0.3) is 0 Å². The smallest absolute Gasteiger partial charge is 0.136 e. The number of benzene rings is 10. The summed E-state index contributed by atoms with van der Waals surface area (Å²) in [6.45, 7) is 0. The molecule has 10 aromatic rings. The Morgan fingerprint density at radius 3 is 1.94 bits per heavy atom. The summed E-state index contributed by atoms with van der Waals surface area (Å²) in [6, 6.07) is -17.5. The van der Waals surface area contributed by atoms with Gasteiger partial charge in [0, 0.05) is 10.9 Å². The minimum atomic E-state index is -0.883. The molecule has 10 aromatic carbocycles. The number of hydrogen-bond acceptors (Lipinski definition) is 1. The zero-order valence-corrected chi connectivity index (χ0v) is 23.5. The van der Waals surface area contributed by atoms with E-state index in [1.54, 1.807) is 0 Å². The van der Waals surface area contributed by atoms with Gasteiger partial charge in [0.05, 0.1) is 34.3 Å². The van der Waals surface area contributed by atoms with Gasteiger partial charge in [-0.3, -0.25) is 0 Å². The fraction of sp³-hybridized carbons (Fsp3) is 0. The van der Waals surface area contributed by atoms with E-state index in [0.717, 1.165) is 6.07 Å². The summed E-state index contributed by atoms with van der Waals surface area (Å²) in [4.78, 5) is 0. The number of ether oxygens (including phenoxy) is 1. The molecule has 0 aromatic heterocycles. The molecule has 11 rings (SSSR count). The van der Waals surface area contributed by atoms with Gasteiger partial charge in [-0.05, 0) is 117 Å². The Morgan fingerprint density at radius 2 is 1.02 bits per heavy atom. The molecule has 1 heterocycles. The SMILES string of the molecule is [2H]c1c(-c2c([2H])c([2H])c3c([2H])c([2H])c(-c4c([2H])c([2H])c5c([2H])c([2H])c6c([2H])c([2H])c([2H])c7c([2H])c([2H])c4c5c67)c([2H])c3c2[2H])cc2c(c1[2H])Oc1c([2H])c3c([2H])c([2H])c([2H])c([2H])c3c3c([2H])c([2H])c([2H])c-2c13. The minimum Gasteiger partial charge on any atom is -0.456 e. The van der Waals surface area contributed by atoms with Crippen molar-refractivity contribution in [2.75, 3.05) is 0 Å². The third-order valence-corrected chi connectivity index (χ3v) is 8.30. The van der Waals surface area contributed by atoms with E-state index in [1.165, 1.54) is 0 Å². The lowest BCUT2D eigenvalue weighted by Crippen LogP contribution is -1.98. The van der Waals surface area contributed by atoms with Crippen molar-refractivity contribution in [1.82, 2.24) is 0 Å². The summed E-state index contributed by atoms with van der Waals surface area (Å²) in [5, 5.41) is -4.49. The van der Waals surface area contributed by atoms with Crippen LogP contribution >= 0.6 is 0 Å². The van der Waals surface area contributed by atoms with Crippen molar-refractivity contribution in [3.63, 3.8) is 0 Å². The van der Waals surface area contributed by atoms with Gasteiger partial charge in [0.2, 0.25) is 0 Å². The highest BCUT2D eigenvalue weighted by molar-refractivity contribution is 6.25. The molecule has 0 N–H and O–H groups in total. The third-order valence-electron chi connectivity index (χ3n) is 8.30. The summed E-state index contributed by atoms with van der Waals surface area (Å²) in [5.74, 6) is -0.928. The van der Waals surface area contributed by atoms with Gasteiger partial charge < -0.3 is 4.74 Å². The molecule has 0 spiro atoms. The van der Waals surface area contributed by atoms with Gasteiger partial charge >= 0.3 is 0 Å². The quantitative estimate of drug-likeness (QED) is 0.175. The van der Waals surface area contributed by atoms with Crippen LogP contribution in [-0.4, -0.2) is 0 Å². The maximum absolute atomic E-state index is 9.69. The average Bonchev–Trinajstić information content (AvgIpc) is 3.34. The Kier molecular flexibility index (Phi) is 2.20. The second kappa shape index (κ2) is 9.19. The van der Waals surface area contributed by atoms with E-state index < -0.39 is 206 Å². The molecule has 0 unspecified atom stereocenters. The maximum atomic E-state index is 9.69. The fourth-order valence-electron chi connectivity index (χ4n) is 6.19. The first kappa shape index (κ1) is 11.3. The van der Waals surface area contributed by atoms with Crippen LogP contribution in [0.4, 0.5) is 0 Å². The summed E-state index contributed by atoms with van der Waals surface area (Å²) in [7, 11) is 0. The van der Waals surface area contributed by atoms with Crippen LogP contribution in [0.1, 0.15) is 34.3 Å². The predicted octanol–water partition coefficient (Wildman–Crippen LogP) is 13.2. The van der Waals surface area contributed by atoms with E-state index in [4.69, 9.17) is 25.3 Å². The molecule has 47 heavy (non-hydrogen) atoms. The van der Waals surface area contributed by atoms with Crippen molar-refractivity contribution in [2.45, 2.75) is 0 Å². The average molecular weight is 620 g/mol. The lowest BCUT2D eigenvalue weighted by molar-refractivity contribution is 0.488. The van der Waals surface area contributed by atoms with Gasteiger partial charge in [-0.2, -0.15) is 0 Å². The number of fused-ring (bicyclic) bond motifs is 5. The molecule has 1 heteroatoms. The van der Waals surface area contributed by atoms with Crippen molar-refractivity contribution in [1.29, 1.82) is 0 Å². The minimum absolute atomic E-state index is 0.219. The molecule has 1 aliphatic rings. The second-order valence-electron chi connectivity index (χ2n) is 10.9. The Balaban J connectivity index is 1.26. The highest BCUT2D eigenvalue weighted by Crippen LogP contribution is 2.49. The molecule has 1 nitrogen and oxygen atoms in total. The Morgan fingerprint density at radius 1 is 0.340 bits per heavy atom. The van der Waals surface area contributed by atoms with E-state index in [1.807, 2.05) is 0 Å². The van der Waals surface area contributed by atoms with E-state index in [9.17, 15) is 13.7 Å². The highest BCUT2D eigenvalue weighted by atomic mass is 16.5. The highest BCUT2D eigenvalue weighted by Gasteiger charge is 2.22. The van der Waals surface area contributed by atoms with Gasteiger partial charge in [-0.1, -0.05) is 127 Å². The Bertz CT molecular complexity index is 4330. The summed E-state index contributed by atoms with van der Waals surface area (Å²) < 4.78 is 231. The van der Waals surface area contributed by atoms with Gasteiger partial charge in [0.15, 0.2) is 0 Å². The monoisotopic (exact) mass is 619 g/mol. The van der Waals surface area contributed by atoms with Crippen LogP contribution in [0.15, 0.2) is 157 Å². The van der Waals surface area contributed by atoms with Gasteiger partial charge in [-0.15, -0.1) is 0 Å². The molecule has 0 saturated heterocycles. The van der Waals surface area contributed by atoms with Crippen molar-refractivity contribution < 1.29 is 39.0 Å². The van der Waals surface area contributed by atoms with Crippen LogP contribution in [0, 0.1) is 0 Å². The third kappa shape index (κ3) is 3.54. The van der Waals surface area contributed by atoms with E-state index >= 15 is 0 Å². The zero-order chi connectivity index (χ0) is 52.4. The lowest BCUT2D eigenvalue weighted by atomic mass is 9.89. The van der Waals surface area contributed by atoms with Crippen LogP contribution in [0.2, 0.25) is 0 Å². The molecule has 0 aliphatic carbocycles. The molecule has 0 saturated carbocycles. The van der Waals surface area contributed by atoms with Crippen molar-refractivity contribution >= 4 is 64.6 Å². The molecule has 1 aliphatic heterocycles. The largest absolute Gasteiger partial charge is 0.456 e. The summed E-state index contributed by atoms with van der Waals surface area (Å²) in [5.41, 5.74) is -2.86. The van der Waals surface area contributed by atoms with Crippen LogP contribution in [0.25, 0.3) is 98.0 Å². The van der Waals surface area contributed by atoms with Crippen LogP contribution < -0.4 is 4.74 Å². The van der Waals surface area contributed by atoms with Crippen molar-refractivity contribution in [2.24, 2.45) is 0 Å². The van der Waals surface area contributed by atoms with Crippen LogP contribution in [0.5, 0.6) is 11.5 Å². The lowest BCUT2D eigenvalue weighted by Gasteiger charge is -2.23. The molecule has 0 fully saturated rings. The number of rotatable bonds is 2. The standard InChI is InChI=1S/C46H26O/c1-2-8-36-33(5-1)26-43-46-38(36)9-4-10-39(46)41-25-32(19-22-42(41)47-43)31-15-11-27-12-16-34(24-35(27)23-31)37-20-17-30-14-13-28-6-3-7-29-18-21-40(37)45(30)44(28)29/h1-26H/i1D,2D,3D,4D,5D,6D,7D,8D,9D,10D,11D,12D,13D,14D,15D,16D,17D,18D,19D,20D,21D,22D,23D,24D,26D. The number of hydrogen-bond donors (Lipinski definition) is 0. The molecule has 0 atom stereocenters. The van der Waals surface area contributed by atoms with Gasteiger partial charge in [0.1, 0.15) is 11.5 Å². The normalized spacial score (nSPS) is 19.9. The first-order valence-corrected chi connectivity index (χ1v) is 14.2. The molecular weight excluding hydrogens is 569 g/mol. The first-order valence-electron chi connectivity index (χ1n) is 26.7. The van der Waals surface area contributed by atoms with Gasteiger partial charge in [-0.25, -0.2) is 0 Å². The molecule has 0 amide bonds. The van der Waals surface area contributed by atoms with Crippen molar-refractivity contribution in [3.8, 4) is 44.9 Å². The fourth-order valence-corrected chi connectivity index (χ4v) is 6.19. The van der Waals surface area contributed by atoms with E-state index in [0.29, 0.717) is 0 Å². The summed E-state index contributed by atoms with van der Waals surface area (Å²) in [6.07, 6.45) is 0. The second-order valence-corrected chi connectivity index (χ2v) is 10.9. The molecule has 0 bridgehead atoms. The molecule has 0 radical (unpaired) electrons. The first-order chi connectivity index (χ1) is 33.7. The van der Waals surface area contributed by atoms with Crippen LogP contribution in [0.3, 0.4) is 0 Å². The van der Waals surface area contributed by atoms with E-state index in [-0.39, 0.29) is 54.2 Å². The van der Waals surface area contributed by atoms with Crippen molar-refractivity contribution in [3.05, 3.63) is 157 Å². The predicted molar refractivity (Wildman–Crippen MR) is 199 cm³/mol. The van der Waals surface area contributed by atoms with Crippen LogP contribution in [-0.2, 0) is 0 Å². The molecule has 216 valence electrons. The summed E-state index contributed by atoms with van der Waals surface area (Å²) >= 11 is 0.